The van der Waals surface area contributed by atoms with Crippen molar-refractivity contribution in [3.63, 3.8) is 0 Å². The van der Waals surface area contributed by atoms with Gasteiger partial charge in [-0.2, -0.15) is 5.10 Å². The number of aromatic nitrogens is 2. The van der Waals surface area contributed by atoms with Crippen LogP contribution in [-0.2, 0) is 11.8 Å². The smallest absolute Gasteiger partial charge is 0.310 e. The molecule has 5 heteroatoms. The number of hydrogen-bond acceptors (Lipinski definition) is 3. The molecule has 1 aliphatic heterocycles. The molecular weight excluding hydrogens is 266 g/mol. The topological polar surface area (TPSA) is 58.4 Å². The van der Waals surface area contributed by atoms with Crippen molar-refractivity contribution in [2.45, 2.75) is 52.5 Å². The van der Waals surface area contributed by atoms with Gasteiger partial charge in [0.05, 0.1) is 11.1 Å². The lowest BCUT2D eigenvalue weighted by Crippen LogP contribution is -2.48. The van der Waals surface area contributed by atoms with E-state index in [1.165, 1.54) is 5.56 Å². The number of aliphatic carboxylic acids is 1. The summed E-state index contributed by atoms with van der Waals surface area (Å²) in [5.41, 5.74) is 1.67. The predicted molar refractivity (Wildman–Crippen MR) is 82.1 cm³/mol. The number of likely N-dealkylation sites (tertiary alicyclic amines) is 1. The molecule has 2 rings (SSSR count). The van der Waals surface area contributed by atoms with Crippen molar-refractivity contribution in [1.29, 1.82) is 0 Å². The lowest BCUT2D eigenvalue weighted by atomic mass is 9.76. The third kappa shape index (κ3) is 3.12. The Kier molecular flexibility index (Phi) is 4.71. The Morgan fingerprint density at radius 2 is 2.29 bits per heavy atom. The number of carboxylic acid groups (broad SMARTS) is 1. The molecule has 2 heterocycles. The Morgan fingerprint density at radius 1 is 1.57 bits per heavy atom. The van der Waals surface area contributed by atoms with Gasteiger partial charge in [0.15, 0.2) is 0 Å². The summed E-state index contributed by atoms with van der Waals surface area (Å²) in [6.45, 7) is 7.86. The maximum absolute atomic E-state index is 11.8. The Morgan fingerprint density at radius 3 is 2.81 bits per heavy atom. The lowest BCUT2D eigenvalue weighted by molar-refractivity contribution is -0.154. The van der Waals surface area contributed by atoms with E-state index in [9.17, 15) is 9.90 Å². The summed E-state index contributed by atoms with van der Waals surface area (Å²) in [5, 5.41) is 14.1. The highest BCUT2D eigenvalue weighted by Crippen LogP contribution is 2.38. The van der Waals surface area contributed by atoms with Crippen LogP contribution in [0.2, 0.25) is 0 Å². The summed E-state index contributed by atoms with van der Waals surface area (Å²) >= 11 is 0. The molecule has 1 fully saturated rings. The van der Waals surface area contributed by atoms with E-state index in [4.69, 9.17) is 0 Å². The van der Waals surface area contributed by atoms with Crippen molar-refractivity contribution in [2.75, 3.05) is 13.1 Å². The molecule has 5 nitrogen and oxygen atoms in total. The third-order valence-corrected chi connectivity index (χ3v) is 4.84. The van der Waals surface area contributed by atoms with Crippen molar-refractivity contribution in [3.05, 3.63) is 17.5 Å². The van der Waals surface area contributed by atoms with Crippen molar-refractivity contribution in [1.82, 2.24) is 14.7 Å². The second kappa shape index (κ2) is 6.18. The Hall–Kier alpha value is -1.36. The van der Waals surface area contributed by atoms with Crippen molar-refractivity contribution >= 4 is 5.97 Å². The van der Waals surface area contributed by atoms with Gasteiger partial charge in [0, 0.05) is 31.4 Å². The zero-order valence-corrected chi connectivity index (χ0v) is 13.6. The van der Waals surface area contributed by atoms with Gasteiger partial charge in [0.1, 0.15) is 0 Å². The van der Waals surface area contributed by atoms with E-state index in [-0.39, 0.29) is 6.04 Å². The van der Waals surface area contributed by atoms with Gasteiger partial charge in [0.25, 0.3) is 0 Å². The minimum atomic E-state index is -0.635. The van der Waals surface area contributed by atoms with Gasteiger partial charge >= 0.3 is 5.97 Å². The van der Waals surface area contributed by atoms with Gasteiger partial charge < -0.3 is 5.11 Å². The summed E-state index contributed by atoms with van der Waals surface area (Å²) in [7, 11) is 1.93. The van der Waals surface area contributed by atoms with E-state index in [0.29, 0.717) is 6.54 Å². The first kappa shape index (κ1) is 16.0. The van der Waals surface area contributed by atoms with Gasteiger partial charge in [-0.15, -0.1) is 0 Å². The predicted octanol–water partition coefficient (Wildman–Crippen LogP) is 2.76. The largest absolute Gasteiger partial charge is 0.481 e. The second-order valence-electron chi connectivity index (χ2n) is 6.43. The standard InChI is InChI=1S/C16H27N3O2/c1-5-7-16(15(20)21)8-6-9-19(11-16)13(3)14-10-18(4)17-12(14)2/h10,13H,5-9,11H2,1-4H3,(H,20,21). The molecule has 118 valence electrons. The monoisotopic (exact) mass is 293 g/mol. The molecule has 1 N–H and O–H groups in total. The normalized spacial score (nSPS) is 25.0. The molecule has 0 radical (unpaired) electrons. The van der Waals surface area contributed by atoms with Crippen molar-refractivity contribution in [3.8, 4) is 0 Å². The molecule has 0 amide bonds. The maximum atomic E-state index is 11.8. The molecule has 1 aliphatic rings. The number of carboxylic acids is 1. The number of rotatable bonds is 5. The maximum Gasteiger partial charge on any atom is 0.310 e. The first-order valence-corrected chi connectivity index (χ1v) is 7.87. The molecule has 0 spiro atoms. The SMILES string of the molecule is CCCC1(C(=O)O)CCCN(C(C)c2cn(C)nc2C)C1. The number of nitrogens with zero attached hydrogens (tertiary/aromatic N) is 3. The van der Waals surface area contributed by atoms with Gasteiger partial charge in [0.2, 0.25) is 0 Å². The minimum absolute atomic E-state index is 0.217. The third-order valence-electron chi connectivity index (χ3n) is 4.84. The van der Waals surface area contributed by atoms with Crippen LogP contribution in [0.25, 0.3) is 0 Å². The van der Waals surface area contributed by atoms with Crippen molar-refractivity contribution in [2.24, 2.45) is 12.5 Å². The molecule has 21 heavy (non-hydrogen) atoms. The summed E-state index contributed by atoms with van der Waals surface area (Å²) in [4.78, 5) is 14.1. The van der Waals surface area contributed by atoms with Crippen LogP contribution >= 0.6 is 0 Å². The number of carbonyl (C=O) groups is 1. The average molecular weight is 293 g/mol. The van der Waals surface area contributed by atoms with E-state index in [1.54, 1.807) is 0 Å². The fourth-order valence-electron chi connectivity index (χ4n) is 3.69. The highest BCUT2D eigenvalue weighted by atomic mass is 16.4. The summed E-state index contributed by atoms with van der Waals surface area (Å²) in [5.74, 6) is -0.635. The van der Waals surface area contributed by atoms with Gasteiger partial charge in [-0.25, -0.2) is 0 Å². The van der Waals surface area contributed by atoms with Gasteiger partial charge in [-0.1, -0.05) is 13.3 Å². The second-order valence-corrected chi connectivity index (χ2v) is 6.43. The van der Waals surface area contributed by atoms with E-state index in [2.05, 4.69) is 30.0 Å². The van der Waals surface area contributed by atoms with Crippen LogP contribution in [0.3, 0.4) is 0 Å². The Labute approximate surface area is 126 Å². The summed E-state index contributed by atoms with van der Waals surface area (Å²) in [6.07, 6.45) is 5.48. The summed E-state index contributed by atoms with van der Waals surface area (Å²) in [6, 6.07) is 0.217. The minimum Gasteiger partial charge on any atom is -0.481 e. The van der Waals surface area contributed by atoms with Crippen LogP contribution in [0.5, 0.6) is 0 Å². The fraction of sp³-hybridized carbons (Fsp3) is 0.750. The summed E-state index contributed by atoms with van der Waals surface area (Å²) < 4.78 is 1.83. The Bertz CT molecular complexity index is 508. The number of hydrogen-bond donors (Lipinski definition) is 1. The molecule has 0 aromatic carbocycles. The zero-order valence-electron chi connectivity index (χ0n) is 13.6. The molecule has 0 bridgehead atoms. The highest BCUT2D eigenvalue weighted by molar-refractivity contribution is 5.75. The van der Waals surface area contributed by atoms with E-state index < -0.39 is 11.4 Å². The number of aryl methyl sites for hydroxylation is 2. The van der Waals surface area contributed by atoms with Crippen LogP contribution in [0.1, 0.15) is 56.8 Å². The first-order chi connectivity index (χ1) is 9.89. The quantitative estimate of drug-likeness (QED) is 0.907. The molecule has 1 aromatic rings. The van der Waals surface area contributed by atoms with Crippen LogP contribution in [0, 0.1) is 12.3 Å². The van der Waals surface area contributed by atoms with Crippen LogP contribution in [0.15, 0.2) is 6.20 Å². The molecule has 2 unspecified atom stereocenters. The zero-order chi connectivity index (χ0) is 15.6. The highest BCUT2D eigenvalue weighted by Gasteiger charge is 2.42. The average Bonchev–Trinajstić information content (AvgIpc) is 2.77. The molecule has 0 saturated carbocycles. The van der Waals surface area contributed by atoms with E-state index in [0.717, 1.165) is 37.9 Å². The number of piperidine rings is 1. The molecule has 1 saturated heterocycles. The molecule has 0 aliphatic carbocycles. The van der Waals surface area contributed by atoms with Crippen LogP contribution < -0.4 is 0 Å². The lowest BCUT2D eigenvalue weighted by Gasteiger charge is -2.42. The van der Waals surface area contributed by atoms with Gasteiger partial charge in [-0.3, -0.25) is 14.4 Å². The van der Waals surface area contributed by atoms with E-state index >= 15 is 0 Å². The Balaban J connectivity index is 2.20. The van der Waals surface area contributed by atoms with Crippen molar-refractivity contribution < 1.29 is 9.90 Å². The molecule has 2 atom stereocenters. The van der Waals surface area contributed by atoms with Gasteiger partial charge in [-0.05, 0) is 39.7 Å². The first-order valence-electron chi connectivity index (χ1n) is 7.87. The van der Waals surface area contributed by atoms with Crippen LogP contribution in [-0.4, -0.2) is 38.8 Å². The van der Waals surface area contributed by atoms with Crippen LogP contribution in [0.4, 0.5) is 0 Å². The molecular formula is C16H27N3O2. The van der Waals surface area contributed by atoms with E-state index in [1.807, 2.05) is 18.7 Å². The molecule has 1 aromatic heterocycles. The fourth-order valence-corrected chi connectivity index (χ4v) is 3.69.